The SMILES string of the molecule is N#Cc1c(Cl)cccc1N1CCNC(=O)C1CC(=O)O. The highest BCUT2D eigenvalue weighted by molar-refractivity contribution is 6.32. The van der Waals surface area contributed by atoms with E-state index >= 15 is 0 Å². The normalized spacial score (nSPS) is 18.3. The van der Waals surface area contributed by atoms with E-state index in [0.29, 0.717) is 18.8 Å². The zero-order valence-electron chi connectivity index (χ0n) is 10.5. The maximum atomic E-state index is 11.9. The Morgan fingerprint density at radius 2 is 2.35 bits per heavy atom. The van der Waals surface area contributed by atoms with Gasteiger partial charge in [0.25, 0.3) is 0 Å². The number of carbonyl (C=O) groups is 2. The molecule has 1 aromatic carbocycles. The predicted octanol–water partition coefficient (Wildman–Crippen LogP) is 0.991. The molecule has 6 nitrogen and oxygen atoms in total. The van der Waals surface area contributed by atoms with Crippen LogP contribution in [0.5, 0.6) is 0 Å². The van der Waals surface area contributed by atoms with E-state index < -0.39 is 12.0 Å². The maximum Gasteiger partial charge on any atom is 0.305 e. The van der Waals surface area contributed by atoms with Crippen molar-refractivity contribution < 1.29 is 14.7 Å². The number of aliphatic carboxylic acids is 1. The first-order valence-electron chi connectivity index (χ1n) is 5.99. The van der Waals surface area contributed by atoms with Gasteiger partial charge in [-0.1, -0.05) is 17.7 Å². The molecule has 2 rings (SSSR count). The molecule has 0 aromatic heterocycles. The molecule has 1 unspecified atom stereocenters. The first kappa shape index (κ1) is 14.2. The minimum Gasteiger partial charge on any atom is -0.481 e. The quantitative estimate of drug-likeness (QED) is 0.867. The van der Waals surface area contributed by atoms with Crippen LogP contribution in [0.1, 0.15) is 12.0 Å². The second-order valence-corrected chi connectivity index (χ2v) is 4.75. The number of nitriles is 1. The largest absolute Gasteiger partial charge is 0.481 e. The number of piperazine rings is 1. The maximum absolute atomic E-state index is 11.9. The van der Waals surface area contributed by atoms with Crippen molar-refractivity contribution in [2.75, 3.05) is 18.0 Å². The molecule has 20 heavy (non-hydrogen) atoms. The van der Waals surface area contributed by atoms with Gasteiger partial charge in [-0.25, -0.2) is 0 Å². The van der Waals surface area contributed by atoms with E-state index in [2.05, 4.69) is 5.32 Å². The Balaban J connectivity index is 2.43. The van der Waals surface area contributed by atoms with Crippen LogP contribution in [-0.4, -0.2) is 36.1 Å². The highest BCUT2D eigenvalue weighted by atomic mass is 35.5. The number of nitrogens with zero attached hydrogens (tertiary/aromatic N) is 2. The van der Waals surface area contributed by atoms with Crippen molar-refractivity contribution in [1.29, 1.82) is 5.26 Å². The first-order valence-corrected chi connectivity index (χ1v) is 6.37. The zero-order chi connectivity index (χ0) is 14.7. The number of carboxylic acid groups (broad SMARTS) is 1. The van der Waals surface area contributed by atoms with Crippen LogP contribution in [0.3, 0.4) is 0 Å². The molecule has 0 saturated carbocycles. The van der Waals surface area contributed by atoms with Crippen LogP contribution in [0.15, 0.2) is 18.2 Å². The molecule has 104 valence electrons. The summed E-state index contributed by atoms with van der Waals surface area (Å²) in [4.78, 5) is 24.4. The van der Waals surface area contributed by atoms with Crippen molar-refractivity contribution in [3.05, 3.63) is 28.8 Å². The van der Waals surface area contributed by atoms with Crippen molar-refractivity contribution in [3.63, 3.8) is 0 Å². The fraction of sp³-hybridized carbons (Fsp3) is 0.308. The fourth-order valence-corrected chi connectivity index (χ4v) is 2.45. The van der Waals surface area contributed by atoms with Gasteiger partial charge in [0.1, 0.15) is 12.1 Å². The van der Waals surface area contributed by atoms with Crippen molar-refractivity contribution >= 4 is 29.2 Å². The molecule has 0 radical (unpaired) electrons. The van der Waals surface area contributed by atoms with E-state index in [9.17, 15) is 14.9 Å². The molecule has 1 atom stereocenters. The highest BCUT2D eigenvalue weighted by Gasteiger charge is 2.33. The number of carboxylic acids is 1. The van der Waals surface area contributed by atoms with Gasteiger partial charge >= 0.3 is 5.97 Å². The Morgan fingerprint density at radius 3 is 3.00 bits per heavy atom. The van der Waals surface area contributed by atoms with Gasteiger partial charge in [0, 0.05) is 13.1 Å². The first-order chi connectivity index (χ1) is 9.54. The molecule has 2 N–H and O–H groups in total. The van der Waals surface area contributed by atoms with Crippen LogP contribution in [0.25, 0.3) is 0 Å². The molecule has 1 amide bonds. The Kier molecular flexibility index (Phi) is 4.11. The van der Waals surface area contributed by atoms with E-state index in [1.54, 1.807) is 23.1 Å². The number of carbonyl (C=O) groups excluding carboxylic acids is 1. The number of anilines is 1. The third kappa shape index (κ3) is 2.68. The standard InChI is InChI=1S/C13H12ClN3O3/c14-9-2-1-3-10(8(9)7-15)17-5-4-16-13(20)11(17)6-12(18)19/h1-3,11H,4-6H2,(H,16,20)(H,18,19). The number of hydrogen-bond acceptors (Lipinski definition) is 4. The third-order valence-corrected chi connectivity index (χ3v) is 3.43. The van der Waals surface area contributed by atoms with Crippen molar-refractivity contribution in [1.82, 2.24) is 5.32 Å². The molecule has 1 aliphatic rings. The fourth-order valence-electron chi connectivity index (χ4n) is 2.23. The smallest absolute Gasteiger partial charge is 0.305 e. The van der Waals surface area contributed by atoms with Gasteiger partial charge in [-0.15, -0.1) is 0 Å². The summed E-state index contributed by atoms with van der Waals surface area (Å²) in [6, 6.07) is 6.07. The number of amides is 1. The Bertz CT molecular complexity index is 597. The lowest BCUT2D eigenvalue weighted by Gasteiger charge is -2.36. The van der Waals surface area contributed by atoms with Crippen LogP contribution in [0.2, 0.25) is 5.02 Å². The third-order valence-electron chi connectivity index (χ3n) is 3.11. The number of halogens is 1. The van der Waals surface area contributed by atoms with E-state index in [1.807, 2.05) is 6.07 Å². The number of rotatable bonds is 3. The predicted molar refractivity (Wildman–Crippen MR) is 72.6 cm³/mol. The van der Waals surface area contributed by atoms with Crippen LogP contribution < -0.4 is 10.2 Å². The molecule has 0 spiro atoms. The molecule has 0 bridgehead atoms. The van der Waals surface area contributed by atoms with Crippen molar-refractivity contribution in [3.8, 4) is 6.07 Å². The lowest BCUT2D eigenvalue weighted by Crippen LogP contribution is -2.56. The second-order valence-electron chi connectivity index (χ2n) is 4.34. The van der Waals surface area contributed by atoms with Crippen LogP contribution in [0.4, 0.5) is 5.69 Å². The Morgan fingerprint density at radius 1 is 1.60 bits per heavy atom. The number of benzene rings is 1. The molecule has 1 fully saturated rings. The monoisotopic (exact) mass is 293 g/mol. The van der Waals surface area contributed by atoms with Gasteiger partial charge in [0.2, 0.25) is 5.91 Å². The van der Waals surface area contributed by atoms with Gasteiger partial charge in [0.15, 0.2) is 0 Å². The van der Waals surface area contributed by atoms with Gasteiger partial charge in [-0.3, -0.25) is 9.59 Å². The Labute approximate surface area is 120 Å². The number of hydrogen-bond donors (Lipinski definition) is 2. The molecule has 7 heteroatoms. The Hall–Kier alpha value is -2.26. The summed E-state index contributed by atoms with van der Waals surface area (Å²) < 4.78 is 0. The molecule has 1 heterocycles. The van der Waals surface area contributed by atoms with Gasteiger partial charge in [-0.2, -0.15) is 5.26 Å². The minimum absolute atomic E-state index is 0.249. The summed E-state index contributed by atoms with van der Waals surface area (Å²) in [7, 11) is 0. The van der Waals surface area contributed by atoms with E-state index in [0.717, 1.165) is 0 Å². The molecule has 1 saturated heterocycles. The van der Waals surface area contributed by atoms with Gasteiger partial charge < -0.3 is 15.3 Å². The zero-order valence-corrected chi connectivity index (χ0v) is 11.2. The summed E-state index contributed by atoms with van der Waals surface area (Å²) in [5.41, 5.74) is 0.736. The summed E-state index contributed by atoms with van der Waals surface area (Å²) in [6.07, 6.45) is -0.330. The van der Waals surface area contributed by atoms with E-state index in [-0.39, 0.29) is 22.9 Å². The summed E-state index contributed by atoms with van der Waals surface area (Å²) >= 11 is 5.97. The molecule has 0 aliphatic carbocycles. The summed E-state index contributed by atoms with van der Waals surface area (Å²) in [5, 5.41) is 21.0. The highest BCUT2D eigenvalue weighted by Crippen LogP contribution is 2.29. The lowest BCUT2D eigenvalue weighted by atomic mass is 10.1. The molecular formula is C13H12ClN3O3. The molecule has 1 aromatic rings. The van der Waals surface area contributed by atoms with E-state index in [1.165, 1.54) is 0 Å². The van der Waals surface area contributed by atoms with Crippen molar-refractivity contribution in [2.24, 2.45) is 0 Å². The van der Waals surface area contributed by atoms with Crippen LogP contribution in [-0.2, 0) is 9.59 Å². The average Bonchev–Trinajstić information content (AvgIpc) is 2.40. The molecular weight excluding hydrogens is 282 g/mol. The van der Waals surface area contributed by atoms with Crippen LogP contribution >= 0.6 is 11.6 Å². The topological polar surface area (TPSA) is 93.4 Å². The lowest BCUT2D eigenvalue weighted by molar-refractivity contribution is -0.139. The molecule has 1 aliphatic heterocycles. The minimum atomic E-state index is -1.07. The van der Waals surface area contributed by atoms with E-state index in [4.69, 9.17) is 16.7 Å². The van der Waals surface area contributed by atoms with Crippen molar-refractivity contribution in [2.45, 2.75) is 12.5 Å². The van der Waals surface area contributed by atoms with Gasteiger partial charge in [-0.05, 0) is 12.1 Å². The summed E-state index contributed by atoms with van der Waals surface area (Å²) in [5.74, 6) is -1.43. The second kappa shape index (κ2) is 5.80. The average molecular weight is 294 g/mol. The van der Waals surface area contributed by atoms with Gasteiger partial charge in [0.05, 0.1) is 22.7 Å². The number of nitrogens with one attached hydrogen (secondary N) is 1. The summed E-state index contributed by atoms with van der Waals surface area (Å²) in [6.45, 7) is 0.824. The van der Waals surface area contributed by atoms with Crippen LogP contribution in [0, 0.1) is 11.3 Å².